The first kappa shape index (κ1) is 17.3. The number of hydrogen-bond acceptors (Lipinski definition) is 4. The normalized spacial score (nSPS) is 14.7. The highest BCUT2D eigenvalue weighted by atomic mass is 79.9. The van der Waals surface area contributed by atoms with Crippen LogP contribution in [0.4, 0.5) is 5.69 Å². The molecule has 7 heteroatoms. The molecule has 120 valence electrons. The Hall–Kier alpha value is -0.500. The van der Waals surface area contributed by atoms with Crippen LogP contribution < -0.4 is 0 Å². The second-order valence-electron chi connectivity index (χ2n) is 5.29. The molecule has 0 spiro atoms. The molecule has 2 aliphatic heterocycles. The Labute approximate surface area is 160 Å². The summed E-state index contributed by atoms with van der Waals surface area (Å²) in [6.07, 6.45) is 0. The molecular formula is C16H13Br2NO2S2. The maximum Gasteiger partial charge on any atom is 0.270 e. The summed E-state index contributed by atoms with van der Waals surface area (Å²) in [4.78, 5) is 10.8. The van der Waals surface area contributed by atoms with E-state index >= 15 is 0 Å². The first-order chi connectivity index (χ1) is 11.0. The number of nitro groups is 1. The van der Waals surface area contributed by atoms with Gasteiger partial charge in [-0.15, -0.1) is 0 Å². The zero-order valence-electron chi connectivity index (χ0n) is 12.1. The van der Waals surface area contributed by atoms with E-state index in [4.69, 9.17) is 0 Å². The summed E-state index contributed by atoms with van der Waals surface area (Å²) in [5, 5.41) is 11.1. The SMILES string of the molecule is O=[N+]([O-])c1cc2cc(c1)CSCc1cc(Br)c(cc1Br)CSC2. The van der Waals surface area contributed by atoms with Crippen LogP contribution >= 0.6 is 55.4 Å². The summed E-state index contributed by atoms with van der Waals surface area (Å²) in [5.41, 5.74) is 4.70. The smallest absolute Gasteiger partial charge is 0.258 e. The molecule has 0 unspecified atom stereocenters. The van der Waals surface area contributed by atoms with E-state index in [1.165, 1.54) is 11.1 Å². The second-order valence-corrected chi connectivity index (χ2v) is 8.97. The number of hydrogen-bond donors (Lipinski definition) is 0. The summed E-state index contributed by atoms with van der Waals surface area (Å²) in [6.45, 7) is 0. The predicted octanol–water partition coefficient (Wildman–Crippen LogP) is 6.30. The van der Waals surface area contributed by atoms with Crippen molar-refractivity contribution in [2.45, 2.75) is 23.0 Å². The molecule has 4 bridgehead atoms. The van der Waals surface area contributed by atoms with E-state index in [1.807, 2.05) is 0 Å². The molecule has 2 aliphatic rings. The Bertz CT molecular complexity index is 714. The fraction of sp³-hybridized carbons (Fsp3) is 0.250. The van der Waals surface area contributed by atoms with Crippen LogP contribution in [-0.4, -0.2) is 4.92 Å². The lowest BCUT2D eigenvalue weighted by molar-refractivity contribution is -0.385. The summed E-state index contributed by atoms with van der Waals surface area (Å²) < 4.78 is 2.25. The molecule has 2 heterocycles. The number of benzene rings is 2. The van der Waals surface area contributed by atoms with Crippen LogP contribution in [0.15, 0.2) is 39.3 Å². The van der Waals surface area contributed by atoms with Crippen LogP contribution in [0.2, 0.25) is 0 Å². The molecule has 0 saturated carbocycles. The molecule has 23 heavy (non-hydrogen) atoms. The van der Waals surface area contributed by atoms with Crippen molar-refractivity contribution in [2.24, 2.45) is 0 Å². The lowest BCUT2D eigenvalue weighted by Gasteiger charge is -2.09. The number of non-ortho nitro benzene ring substituents is 1. The van der Waals surface area contributed by atoms with E-state index in [0.29, 0.717) is 0 Å². The number of thioether (sulfide) groups is 2. The Morgan fingerprint density at radius 3 is 1.74 bits per heavy atom. The maximum absolute atomic E-state index is 11.1. The standard InChI is InChI=1S/C16H13Br2NO2S2/c17-15-5-13-9-23-7-11-1-10(2-14(3-11)19(20)21)6-22-8-12(15)4-16(13)18/h1-5H,6-9H2. The van der Waals surface area contributed by atoms with Gasteiger partial charge in [0.15, 0.2) is 0 Å². The summed E-state index contributed by atoms with van der Waals surface area (Å²) >= 11 is 10.8. The number of nitrogens with zero attached hydrogens (tertiary/aromatic N) is 1. The first-order valence-corrected chi connectivity index (χ1v) is 10.8. The van der Waals surface area contributed by atoms with Gasteiger partial charge in [0, 0.05) is 44.1 Å². The van der Waals surface area contributed by atoms with Crippen molar-refractivity contribution in [2.75, 3.05) is 0 Å². The topological polar surface area (TPSA) is 43.1 Å². The fourth-order valence-electron chi connectivity index (χ4n) is 2.42. The second kappa shape index (κ2) is 7.59. The van der Waals surface area contributed by atoms with Crippen molar-refractivity contribution in [3.63, 3.8) is 0 Å². The zero-order chi connectivity index (χ0) is 16.4. The third-order valence-electron chi connectivity index (χ3n) is 3.52. The van der Waals surface area contributed by atoms with Crippen LogP contribution in [0.3, 0.4) is 0 Å². The average molecular weight is 475 g/mol. The van der Waals surface area contributed by atoms with Crippen LogP contribution in [0.1, 0.15) is 22.3 Å². The van der Waals surface area contributed by atoms with Crippen molar-refractivity contribution < 1.29 is 4.92 Å². The third-order valence-corrected chi connectivity index (χ3v) is 7.10. The first-order valence-electron chi connectivity index (χ1n) is 6.92. The van der Waals surface area contributed by atoms with Gasteiger partial charge >= 0.3 is 0 Å². The van der Waals surface area contributed by atoms with Gasteiger partial charge < -0.3 is 0 Å². The Balaban J connectivity index is 1.94. The minimum absolute atomic E-state index is 0.190. The molecule has 0 aliphatic carbocycles. The molecule has 0 radical (unpaired) electrons. The van der Waals surface area contributed by atoms with Gasteiger partial charge in [0.1, 0.15) is 0 Å². The lowest BCUT2D eigenvalue weighted by Crippen LogP contribution is -1.93. The van der Waals surface area contributed by atoms with E-state index in [0.717, 1.165) is 43.1 Å². The van der Waals surface area contributed by atoms with Gasteiger partial charge in [0.05, 0.1) is 4.92 Å². The van der Waals surface area contributed by atoms with Gasteiger partial charge in [-0.25, -0.2) is 0 Å². The van der Waals surface area contributed by atoms with Crippen LogP contribution in [0.5, 0.6) is 0 Å². The molecular weight excluding hydrogens is 462 g/mol. The van der Waals surface area contributed by atoms with E-state index in [2.05, 4.69) is 50.1 Å². The number of halogens is 2. The quantitative estimate of drug-likeness (QED) is 0.359. The molecule has 0 saturated heterocycles. The molecule has 0 N–H and O–H groups in total. The third kappa shape index (κ3) is 4.32. The van der Waals surface area contributed by atoms with Crippen molar-refractivity contribution in [3.05, 3.63) is 71.6 Å². The van der Waals surface area contributed by atoms with E-state index in [-0.39, 0.29) is 10.6 Å². The molecule has 4 rings (SSSR count). The van der Waals surface area contributed by atoms with Gasteiger partial charge in [0.2, 0.25) is 0 Å². The molecule has 0 fully saturated rings. The van der Waals surface area contributed by atoms with Gasteiger partial charge in [-0.3, -0.25) is 10.1 Å². The largest absolute Gasteiger partial charge is 0.270 e. The zero-order valence-corrected chi connectivity index (χ0v) is 16.9. The summed E-state index contributed by atoms with van der Waals surface area (Å²) in [6, 6.07) is 9.81. The van der Waals surface area contributed by atoms with Crippen LogP contribution in [0, 0.1) is 10.1 Å². The Morgan fingerprint density at radius 1 is 0.826 bits per heavy atom. The van der Waals surface area contributed by atoms with Crippen molar-refractivity contribution >= 4 is 61.1 Å². The van der Waals surface area contributed by atoms with E-state index in [9.17, 15) is 10.1 Å². The van der Waals surface area contributed by atoms with Gasteiger partial charge in [-0.05, 0) is 34.4 Å². The summed E-state index contributed by atoms with van der Waals surface area (Å²) in [5.74, 6) is 3.27. The molecule has 0 aromatic heterocycles. The summed E-state index contributed by atoms with van der Waals surface area (Å²) in [7, 11) is 0. The highest BCUT2D eigenvalue weighted by Gasteiger charge is 2.13. The number of fused-ring (bicyclic) bond motifs is 6. The average Bonchev–Trinajstić information content (AvgIpc) is 2.52. The minimum Gasteiger partial charge on any atom is -0.258 e. The number of nitro benzene ring substituents is 1. The molecule has 0 amide bonds. The Kier molecular flexibility index (Phi) is 5.72. The van der Waals surface area contributed by atoms with Crippen molar-refractivity contribution in [1.82, 2.24) is 0 Å². The van der Waals surface area contributed by atoms with E-state index in [1.54, 1.807) is 35.7 Å². The highest BCUT2D eigenvalue weighted by Crippen LogP contribution is 2.34. The highest BCUT2D eigenvalue weighted by molar-refractivity contribution is 9.11. The monoisotopic (exact) mass is 473 g/mol. The van der Waals surface area contributed by atoms with Gasteiger partial charge in [-0.1, -0.05) is 37.9 Å². The maximum atomic E-state index is 11.1. The Morgan fingerprint density at radius 2 is 1.30 bits per heavy atom. The lowest BCUT2D eigenvalue weighted by atomic mass is 10.1. The van der Waals surface area contributed by atoms with E-state index < -0.39 is 0 Å². The van der Waals surface area contributed by atoms with Crippen molar-refractivity contribution in [1.29, 1.82) is 0 Å². The predicted molar refractivity (Wildman–Crippen MR) is 105 cm³/mol. The molecule has 3 nitrogen and oxygen atoms in total. The minimum atomic E-state index is -0.302. The number of rotatable bonds is 1. The molecule has 0 atom stereocenters. The molecule has 2 aromatic rings. The van der Waals surface area contributed by atoms with Crippen LogP contribution in [-0.2, 0) is 23.0 Å². The van der Waals surface area contributed by atoms with Gasteiger partial charge in [0.25, 0.3) is 5.69 Å². The van der Waals surface area contributed by atoms with Gasteiger partial charge in [-0.2, -0.15) is 23.5 Å². The fourth-order valence-corrected chi connectivity index (χ4v) is 5.78. The van der Waals surface area contributed by atoms with Crippen molar-refractivity contribution in [3.8, 4) is 0 Å². The van der Waals surface area contributed by atoms with Crippen LogP contribution in [0.25, 0.3) is 0 Å². The molecule has 2 aromatic carbocycles.